The standard InChI is InChI=1S/C15H24N2O3S/c1-11-8-14(9-12(2)15(11)20-3)21(18,19)17-7-5-13-4-6-16-10-13/h8-9,13,16-17H,4-7,10H2,1-3H3. The second-order valence-corrected chi connectivity index (χ2v) is 7.40. The van der Waals surface area contributed by atoms with Gasteiger partial charge >= 0.3 is 0 Å². The van der Waals surface area contributed by atoms with Crippen molar-refractivity contribution in [2.45, 2.75) is 31.6 Å². The number of sulfonamides is 1. The molecule has 0 amide bonds. The van der Waals surface area contributed by atoms with Crippen molar-refractivity contribution in [3.05, 3.63) is 23.3 Å². The summed E-state index contributed by atoms with van der Waals surface area (Å²) in [6.07, 6.45) is 2.00. The van der Waals surface area contributed by atoms with Gasteiger partial charge in [-0.15, -0.1) is 0 Å². The number of ether oxygens (including phenoxy) is 1. The summed E-state index contributed by atoms with van der Waals surface area (Å²) in [6.45, 7) is 6.22. The lowest BCUT2D eigenvalue weighted by atomic mass is 10.1. The molecule has 1 heterocycles. The number of hydrogen-bond acceptors (Lipinski definition) is 4. The van der Waals surface area contributed by atoms with Gasteiger partial charge in [-0.3, -0.25) is 0 Å². The van der Waals surface area contributed by atoms with E-state index in [1.54, 1.807) is 19.2 Å². The van der Waals surface area contributed by atoms with E-state index < -0.39 is 10.0 Å². The molecule has 5 nitrogen and oxygen atoms in total. The molecular formula is C15H24N2O3S. The topological polar surface area (TPSA) is 67.4 Å². The van der Waals surface area contributed by atoms with E-state index in [1.165, 1.54) is 0 Å². The summed E-state index contributed by atoms with van der Waals surface area (Å²) in [5.41, 5.74) is 1.66. The highest BCUT2D eigenvalue weighted by Gasteiger charge is 2.19. The molecule has 1 fully saturated rings. The third-order valence-corrected chi connectivity index (χ3v) is 5.40. The fourth-order valence-electron chi connectivity index (χ4n) is 2.83. The third-order valence-electron chi connectivity index (χ3n) is 3.96. The molecule has 1 aliphatic heterocycles. The van der Waals surface area contributed by atoms with Crippen molar-refractivity contribution in [2.24, 2.45) is 5.92 Å². The van der Waals surface area contributed by atoms with Gasteiger partial charge in [0.05, 0.1) is 12.0 Å². The van der Waals surface area contributed by atoms with Crippen LogP contribution in [0.3, 0.4) is 0 Å². The summed E-state index contributed by atoms with van der Waals surface area (Å²) in [5, 5.41) is 3.29. The molecule has 0 aliphatic carbocycles. The number of aryl methyl sites for hydroxylation is 2. The molecule has 2 N–H and O–H groups in total. The summed E-state index contributed by atoms with van der Waals surface area (Å²) in [5.74, 6) is 1.32. The van der Waals surface area contributed by atoms with E-state index in [1.807, 2.05) is 13.8 Å². The summed E-state index contributed by atoms with van der Waals surface area (Å²) < 4.78 is 32.7. The van der Waals surface area contributed by atoms with Crippen LogP contribution in [0.15, 0.2) is 17.0 Å². The third kappa shape index (κ3) is 3.96. The lowest BCUT2D eigenvalue weighted by molar-refractivity contribution is 0.408. The van der Waals surface area contributed by atoms with Gasteiger partial charge in [0.25, 0.3) is 0 Å². The number of nitrogens with one attached hydrogen (secondary N) is 2. The highest BCUT2D eigenvalue weighted by molar-refractivity contribution is 7.89. The van der Waals surface area contributed by atoms with Crippen molar-refractivity contribution >= 4 is 10.0 Å². The number of benzene rings is 1. The highest BCUT2D eigenvalue weighted by atomic mass is 32.2. The molecule has 1 aromatic rings. The smallest absolute Gasteiger partial charge is 0.240 e. The van der Waals surface area contributed by atoms with Crippen LogP contribution < -0.4 is 14.8 Å². The van der Waals surface area contributed by atoms with Crippen LogP contribution in [-0.2, 0) is 10.0 Å². The van der Waals surface area contributed by atoms with E-state index in [0.717, 1.165) is 42.8 Å². The van der Waals surface area contributed by atoms with Gasteiger partial charge in [-0.05, 0) is 69.0 Å². The van der Waals surface area contributed by atoms with E-state index >= 15 is 0 Å². The maximum absolute atomic E-state index is 12.3. The summed E-state index contributed by atoms with van der Waals surface area (Å²) in [4.78, 5) is 0.308. The fourth-order valence-corrected chi connectivity index (χ4v) is 4.05. The van der Waals surface area contributed by atoms with E-state index in [4.69, 9.17) is 4.74 Å². The second kappa shape index (κ2) is 6.77. The molecule has 0 spiro atoms. The minimum Gasteiger partial charge on any atom is -0.496 e. The van der Waals surface area contributed by atoms with Crippen LogP contribution in [0.25, 0.3) is 0 Å². The lowest BCUT2D eigenvalue weighted by Crippen LogP contribution is -2.26. The van der Waals surface area contributed by atoms with Gasteiger partial charge in [-0.2, -0.15) is 0 Å². The first-order valence-electron chi connectivity index (χ1n) is 7.29. The minimum atomic E-state index is -3.45. The molecule has 0 saturated carbocycles. The second-order valence-electron chi connectivity index (χ2n) is 5.64. The molecule has 118 valence electrons. The van der Waals surface area contributed by atoms with Gasteiger partial charge in [0, 0.05) is 6.54 Å². The maximum Gasteiger partial charge on any atom is 0.240 e. The van der Waals surface area contributed by atoms with Gasteiger partial charge in [-0.1, -0.05) is 0 Å². The van der Waals surface area contributed by atoms with Crippen LogP contribution in [0.5, 0.6) is 5.75 Å². The zero-order valence-corrected chi connectivity index (χ0v) is 13.7. The molecule has 21 heavy (non-hydrogen) atoms. The van der Waals surface area contributed by atoms with Crippen molar-refractivity contribution in [3.8, 4) is 5.75 Å². The molecule has 1 aliphatic rings. The van der Waals surface area contributed by atoms with Crippen LogP contribution in [0.2, 0.25) is 0 Å². The molecule has 0 bridgehead atoms. The van der Waals surface area contributed by atoms with Crippen LogP contribution in [0, 0.1) is 19.8 Å². The first-order chi connectivity index (χ1) is 9.94. The first kappa shape index (κ1) is 16.3. The molecule has 1 saturated heterocycles. The number of rotatable bonds is 6. The van der Waals surface area contributed by atoms with Crippen molar-refractivity contribution in [3.63, 3.8) is 0 Å². The Morgan fingerprint density at radius 3 is 2.52 bits per heavy atom. The van der Waals surface area contributed by atoms with Crippen molar-refractivity contribution in [1.82, 2.24) is 10.0 Å². The fraction of sp³-hybridized carbons (Fsp3) is 0.600. The highest BCUT2D eigenvalue weighted by Crippen LogP contribution is 2.26. The maximum atomic E-state index is 12.3. The van der Waals surface area contributed by atoms with Crippen LogP contribution >= 0.6 is 0 Å². The number of hydrogen-bond donors (Lipinski definition) is 2. The largest absolute Gasteiger partial charge is 0.496 e. The Hall–Kier alpha value is -1.11. The predicted molar refractivity (Wildman–Crippen MR) is 83.3 cm³/mol. The van der Waals surface area contributed by atoms with E-state index in [-0.39, 0.29) is 0 Å². The van der Waals surface area contributed by atoms with Gasteiger partial charge in [-0.25, -0.2) is 13.1 Å². The Morgan fingerprint density at radius 2 is 2.00 bits per heavy atom. The molecule has 0 aromatic heterocycles. The SMILES string of the molecule is COc1c(C)cc(S(=O)(=O)NCCC2CCNC2)cc1C. The first-order valence-corrected chi connectivity index (χ1v) is 8.78. The average molecular weight is 312 g/mol. The van der Waals surface area contributed by atoms with Crippen molar-refractivity contribution < 1.29 is 13.2 Å². The summed E-state index contributed by atoms with van der Waals surface area (Å²) >= 11 is 0. The lowest BCUT2D eigenvalue weighted by Gasteiger charge is -2.13. The van der Waals surface area contributed by atoms with Crippen molar-refractivity contribution in [2.75, 3.05) is 26.7 Å². The van der Waals surface area contributed by atoms with Gasteiger partial charge < -0.3 is 10.1 Å². The Labute approximate surface area is 127 Å². The van der Waals surface area contributed by atoms with E-state index in [2.05, 4.69) is 10.0 Å². The predicted octanol–water partition coefficient (Wildman–Crippen LogP) is 1.59. The average Bonchev–Trinajstić information content (AvgIpc) is 2.91. The molecule has 1 atom stereocenters. The van der Waals surface area contributed by atoms with Gasteiger partial charge in [0.2, 0.25) is 10.0 Å². The molecular weight excluding hydrogens is 288 g/mol. The minimum absolute atomic E-state index is 0.308. The number of methoxy groups -OCH3 is 1. The van der Waals surface area contributed by atoms with Crippen molar-refractivity contribution in [1.29, 1.82) is 0 Å². The summed E-state index contributed by atoms with van der Waals surface area (Å²) in [7, 11) is -1.85. The quantitative estimate of drug-likeness (QED) is 0.837. The van der Waals surface area contributed by atoms with Crippen LogP contribution in [0.4, 0.5) is 0 Å². The molecule has 0 radical (unpaired) electrons. The Bertz CT molecular complexity index is 570. The summed E-state index contributed by atoms with van der Waals surface area (Å²) in [6, 6.07) is 3.32. The van der Waals surface area contributed by atoms with Crippen LogP contribution in [0.1, 0.15) is 24.0 Å². The molecule has 1 unspecified atom stereocenters. The zero-order chi connectivity index (χ0) is 15.5. The molecule has 6 heteroatoms. The molecule has 1 aromatic carbocycles. The van der Waals surface area contributed by atoms with Gasteiger partial charge in [0.1, 0.15) is 5.75 Å². The zero-order valence-electron chi connectivity index (χ0n) is 12.9. The Morgan fingerprint density at radius 1 is 1.33 bits per heavy atom. The monoisotopic (exact) mass is 312 g/mol. The van der Waals surface area contributed by atoms with E-state index in [0.29, 0.717) is 17.4 Å². The molecule has 2 rings (SSSR count). The Kier molecular flexibility index (Phi) is 5.24. The normalized spacial score (nSPS) is 18.9. The van der Waals surface area contributed by atoms with Gasteiger partial charge in [0.15, 0.2) is 0 Å². The van der Waals surface area contributed by atoms with Crippen LogP contribution in [-0.4, -0.2) is 35.2 Å². The van der Waals surface area contributed by atoms with E-state index in [9.17, 15) is 8.42 Å². The Balaban J connectivity index is 2.04.